The lowest BCUT2D eigenvalue weighted by Crippen LogP contribution is -2.57. The molecular formula is C18H22N4O. The summed E-state index contributed by atoms with van der Waals surface area (Å²) in [5.41, 5.74) is 3.27. The van der Waals surface area contributed by atoms with Crippen LogP contribution in [0.15, 0.2) is 36.7 Å². The molecule has 0 radical (unpaired) electrons. The summed E-state index contributed by atoms with van der Waals surface area (Å²) in [7, 11) is 0. The van der Waals surface area contributed by atoms with Crippen LogP contribution in [0.3, 0.4) is 0 Å². The number of carbonyl (C=O) groups excluding carboxylic acids is 1. The molecule has 0 spiro atoms. The average Bonchev–Trinajstić information content (AvgIpc) is 3.07. The lowest BCUT2D eigenvalue weighted by Gasteiger charge is -2.44. The van der Waals surface area contributed by atoms with E-state index in [1.807, 2.05) is 0 Å². The molecule has 1 aromatic heterocycles. The van der Waals surface area contributed by atoms with Gasteiger partial charge in [-0.2, -0.15) is 9.78 Å². The fourth-order valence-electron chi connectivity index (χ4n) is 3.68. The molecule has 0 aliphatic carbocycles. The first-order valence-electron chi connectivity index (χ1n) is 8.34. The van der Waals surface area contributed by atoms with E-state index in [2.05, 4.69) is 46.5 Å². The molecule has 1 N–H and O–H groups in total. The molecule has 5 rings (SSSR count). The maximum absolute atomic E-state index is 12.5. The van der Waals surface area contributed by atoms with Gasteiger partial charge in [0.05, 0.1) is 6.20 Å². The zero-order chi connectivity index (χ0) is 15.8. The summed E-state index contributed by atoms with van der Waals surface area (Å²) in [5.74, 6) is 0.621. The monoisotopic (exact) mass is 310 g/mol. The molecule has 5 heteroatoms. The van der Waals surface area contributed by atoms with Crippen molar-refractivity contribution in [2.75, 3.05) is 19.6 Å². The zero-order valence-electron chi connectivity index (χ0n) is 13.4. The van der Waals surface area contributed by atoms with E-state index in [4.69, 9.17) is 0 Å². The van der Waals surface area contributed by atoms with E-state index in [0.29, 0.717) is 5.92 Å². The van der Waals surface area contributed by atoms with Crippen molar-refractivity contribution in [1.82, 2.24) is 20.0 Å². The molecule has 5 nitrogen and oxygen atoms in total. The summed E-state index contributed by atoms with van der Waals surface area (Å²) >= 11 is 0. The van der Waals surface area contributed by atoms with Crippen molar-refractivity contribution in [3.8, 4) is 11.1 Å². The van der Waals surface area contributed by atoms with E-state index in [0.717, 1.165) is 17.7 Å². The van der Waals surface area contributed by atoms with Gasteiger partial charge in [-0.25, -0.2) is 4.79 Å². The van der Waals surface area contributed by atoms with Crippen LogP contribution in [0, 0.1) is 12.8 Å². The Hall–Kier alpha value is -2.14. The number of rotatable bonds is 2. The van der Waals surface area contributed by atoms with Gasteiger partial charge in [-0.05, 0) is 44.3 Å². The smallest absolute Gasteiger partial charge is 0.332 e. The fourth-order valence-corrected chi connectivity index (χ4v) is 3.68. The topological polar surface area (TPSA) is 50.2 Å². The van der Waals surface area contributed by atoms with E-state index >= 15 is 0 Å². The molecule has 3 saturated heterocycles. The van der Waals surface area contributed by atoms with E-state index < -0.39 is 0 Å². The Bertz CT molecular complexity index is 698. The highest BCUT2D eigenvalue weighted by Crippen LogP contribution is 2.27. The number of fused-ring (bicyclic) bond motifs is 3. The summed E-state index contributed by atoms with van der Waals surface area (Å²) in [4.78, 5) is 14.9. The molecule has 23 heavy (non-hydrogen) atoms. The van der Waals surface area contributed by atoms with Gasteiger partial charge in [0.1, 0.15) is 0 Å². The molecule has 1 atom stereocenters. The van der Waals surface area contributed by atoms with Crippen molar-refractivity contribution in [3.63, 3.8) is 0 Å². The first-order chi connectivity index (χ1) is 11.2. The van der Waals surface area contributed by atoms with Crippen LogP contribution in [-0.2, 0) is 0 Å². The fraction of sp³-hybridized carbons (Fsp3) is 0.444. The normalized spacial score (nSPS) is 26.2. The van der Waals surface area contributed by atoms with Crippen LogP contribution in [0.2, 0.25) is 0 Å². The van der Waals surface area contributed by atoms with Crippen LogP contribution < -0.4 is 5.32 Å². The number of amides is 1. The molecular weight excluding hydrogens is 288 g/mol. The third-order valence-electron chi connectivity index (χ3n) is 5.14. The lowest BCUT2D eigenvalue weighted by atomic mass is 9.84. The molecule has 0 saturated carbocycles. The van der Waals surface area contributed by atoms with Crippen LogP contribution in [0.5, 0.6) is 0 Å². The van der Waals surface area contributed by atoms with Crippen LogP contribution in [0.25, 0.3) is 11.1 Å². The minimum Gasteiger partial charge on any atom is -0.332 e. The van der Waals surface area contributed by atoms with E-state index in [1.165, 1.54) is 36.2 Å². The van der Waals surface area contributed by atoms with Gasteiger partial charge < -0.3 is 10.2 Å². The van der Waals surface area contributed by atoms with E-state index in [9.17, 15) is 4.79 Å². The molecule has 120 valence electrons. The van der Waals surface area contributed by atoms with Crippen LogP contribution in [-0.4, -0.2) is 46.4 Å². The summed E-state index contributed by atoms with van der Waals surface area (Å²) in [6.07, 6.45) is 5.94. The van der Waals surface area contributed by atoms with Crippen molar-refractivity contribution < 1.29 is 4.79 Å². The number of benzene rings is 1. The zero-order valence-corrected chi connectivity index (χ0v) is 13.4. The van der Waals surface area contributed by atoms with Gasteiger partial charge >= 0.3 is 6.03 Å². The average molecular weight is 310 g/mol. The predicted octanol–water partition coefficient (Wildman–Crippen LogP) is 2.51. The second-order valence-electron chi connectivity index (χ2n) is 6.73. The maximum Gasteiger partial charge on any atom is 0.342 e. The van der Waals surface area contributed by atoms with Gasteiger partial charge in [0, 0.05) is 24.3 Å². The first kappa shape index (κ1) is 14.5. The molecule has 1 aromatic carbocycles. The third kappa shape index (κ3) is 2.88. The summed E-state index contributed by atoms with van der Waals surface area (Å²) < 4.78 is 1.42. The summed E-state index contributed by atoms with van der Waals surface area (Å²) in [5, 5.41) is 7.39. The molecule has 2 aromatic rings. The molecule has 0 unspecified atom stereocenters. The highest BCUT2D eigenvalue weighted by atomic mass is 16.2. The maximum atomic E-state index is 12.5. The minimum atomic E-state index is -0.123. The van der Waals surface area contributed by atoms with Crippen LogP contribution >= 0.6 is 0 Å². The molecule has 3 aliphatic heterocycles. The Morgan fingerprint density at radius 2 is 1.91 bits per heavy atom. The van der Waals surface area contributed by atoms with E-state index in [1.54, 1.807) is 12.4 Å². The lowest BCUT2D eigenvalue weighted by molar-refractivity contribution is 0.0765. The number of carbonyl (C=O) groups is 1. The second-order valence-corrected chi connectivity index (χ2v) is 6.73. The Morgan fingerprint density at radius 1 is 1.17 bits per heavy atom. The quantitative estimate of drug-likeness (QED) is 0.927. The van der Waals surface area contributed by atoms with Crippen molar-refractivity contribution in [2.45, 2.75) is 25.8 Å². The third-order valence-corrected chi connectivity index (χ3v) is 5.14. The Morgan fingerprint density at radius 3 is 2.57 bits per heavy atom. The van der Waals surface area contributed by atoms with Gasteiger partial charge in [0.25, 0.3) is 0 Å². The molecule has 2 bridgehead atoms. The number of hydrogen-bond acceptors (Lipinski definition) is 3. The second kappa shape index (κ2) is 5.81. The Kier molecular flexibility index (Phi) is 3.65. The van der Waals surface area contributed by atoms with Crippen LogP contribution in [0.4, 0.5) is 4.79 Å². The number of aryl methyl sites for hydroxylation is 1. The highest BCUT2D eigenvalue weighted by molar-refractivity contribution is 5.77. The van der Waals surface area contributed by atoms with Crippen molar-refractivity contribution in [1.29, 1.82) is 0 Å². The number of nitrogens with one attached hydrogen (secondary N) is 1. The largest absolute Gasteiger partial charge is 0.342 e. The van der Waals surface area contributed by atoms with Gasteiger partial charge in [-0.15, -0.1) is 0 Å². The summed E-state index contributed by atoms with van der Waals surface area (Å²) in [6.45, 7) is 5.39. The van der Waals surface area contributed by atoms with Gasteiger partial charge in [-0.3, -0.25) is 0 Å². The number of hydrogen-bond donors (Lipinski definition) is 1. The highest BCUT2D eigenvalue weighted by Gasteiger charge is 2.35. The number of piperidine rings is 3. The number of nitrogens with zero attached hydrogens (tertiary/aromatic N) is 3. The Balaban J connectivity index is 1.46. The van der Waals surface area contributed by atoms with Crippen molar-refractivity contribution >= 4 is 6.03 Å². The molecule has 1 amide bonds. The van der Waals surface area contributed by atoms with Crippen molar-refractivity contribution in [3.05, 3.63) is 42.2 Å². The van der Waals surface area contributed by atoms with E-state index in [-0.39, 0.29) is 12.1 Å². The number of aromatic nitrogens is 2. The van der Waals surface area contributed by atoms with Crippen molar-refractivity contribution in [2.24, 2.45) is 5.92 Å². The standard InChI is InChI=1S/C18H22N4O/c1-13-2-4-14(5-3-13)16-10-19-22(11-16)18(23)20-17-12-21-8-6-15(17)7-9-21/h2-5,10-11,15,17H,6-9,12H2,1H3,(H,20,23)/t17-/m0/s1. The Labute approximate surface area is 136 Å². The van der Waals surface area contributed by atoms with Gasteiger partial charge in [-0.1, -0.05) is 29.8 Å². The molecule has 4 heterocycles. The van der Waals surface area contributed by atoms with Gasteiger partial charge in [0.2, 0.25) is 0 Å². The minimum absolute atomic E-state index is 0.123. The molecule has 3 fully saturated rings. The summed E-state index contributed by atoms with van der Waals surface area (Å²) in [6, 6.07) is 8.39. The predicted molar refractivity (Wildman–Crippen MR) is 89.3 cm³/mol. The SMILES string of the molecule is Cc1ccc(-c2cnn(C(=O)N[C@H]3CN4CCC3CC4)c2)cc1. The van der Waals surface area contributed by atoms with Gasteiger partial charge in [0.15, 0.2) is 0 Å². The van der Waals surface area contributed by atoms with Crippen LogP contribution in [0.1, 0.15) is 18.4 Å². The molecule has 3 aliphatic rings. The first-order valence-corrected chi connectivity index (χ1v) is 8.34.